The second-order valence-corrected chi connectivity index (χ2v) is 16.5. The maximum atomic E-state index is 12.7. The van der Waals surface area contributed by atoms with Gasteiger partial charge in [-0.3, -0.25) is 18.6 Å². The van der Waals surface area contributed by atoms with Crippen LogP contribution in [0.5, 0.6) is 0 Å². The third-order valence-electron chi connectivity index (χ3n) is 8.63. The third-order valence-corrected chi connectivity index (χ3v) is 9.61. The fraction of sp³-hybridized carbons (Fsp3) is 0.727. The minimum atomic E-state index is -4.38. The zero-order valence-corrected chi connectivity index (χ0v) is 35.8. The van der Waals surface area contributed by atoms with Crippen molar-refractivity contribution in [3.05, 3.63) is 60.8 Å². The molecule has 9 nitrogen and oxygen atoms in total. The molecule has 0 rings (SSSR count). The van der Waals surface area contributed by atoms with Gasteiger partial charge < -0.3 is 18.9 Å². The molecule has 0 aliphatic heterocycles. The Labute approximate surface area is 330 Å². The maximum Gasteiger partial charge on any atom is 0.472 e. The molecule has 0 aliphatic rings. The molecule has 0 bridgehead atoms. The van der Waals surface area contributed by atoms with Crippen molar-refractivity contribution in [2.24, 2.45) is 0 Å². The summed E-state index contributed by atoms with van der Waals surface area (Å²) in [4.78, 5) is 35.3. The molecule has 1 unspecified atom stereocenters. The number of phosphoric acid groups is 1. The number of esters is 2. The molecule has 0 fully saturated rings. The molecule has 0 spiro atoms. The summed E-state index contributed by atoms with van der Waals surface area (Å²) < 4.78 is 34.2. The van der Waals surface area contributed by atoms with Gasteiger partial charge in [-0.25, -0.2) is 4.57 Å². The van der Waals surface area contributed by atoms with Crippen LogP contribution in [0.3, 0.4) is 0 Å². The number of allylic oxidation sites excluding steroid dienone is 10. The molecular weight excluding hydrogens is 701 g/mol. The Kier molecular flexibility index (Phi) is 34.8. The van der Waals surface area contributed by atoms with Gasteiger partial charge in [0.2, 0.25) is 0 Å². The van der Waals surface area contributed by atoms with Crippen LogP contribution in [0.4, 0.5) is 0 Å². The van der Waals surface area contributed by atoms with E-state index < -0.39 is 26.5 Å². The summed E-state index contributed by atoms with van der Waals surface area (Å²) >= 11 is 0. The zero-order chi connectivity index (χ0) is 40.0. The van der Waals surface area contributed by atoms with Gasteiger partial charge in [-0.05, 0) is 57.8 Å². The lowest BCUT2D eigenvalue weighted by molar-refractivity contribution is -0.870. The molecule has 0 aromatic heterocycles. The molecule has 0 amide bonds. The highest BCUT2D eigenvalue weighted by atomic mass is 31.2. The van der Waals surface area contributed by atoms with Gasteiger partial charge in [0.25, 0.3) is 0 Å². The average Bonchev–Trinajstić information content (AvgIpc) is 3.12. The Balaban J connectivity index is 4.45. The molecule has 0 saturated carbocycles. The van der Waals surface area contributed by atoms with Crippen molar-refractivity contribution in [2.75, 3.05) is 47.5 Å². The second kappa shape index (κ2) is 36.4. The highest BCUT2D eigenvalue weighted by Crippen LogP contribution is 2.43. The van der Waals surface area contributed by atoms with E-state index in [9.17, 15) is 19.0 Å². The number of hydrogen-bond donors (Lipinski definition) is 1. The topological polar surface area (TPSA) is 108 Å². The number of hydrogen-bond acceptors (Lipinski definition) is 7. The van der Waals surface area contributed by atoms with E-state index in [4.69, 9.17) is 18.5 Å². The number of likely N-dealkylation sites (N-methyl/N-ethyl adjacent to an activating group) is 1. The van der Waals surface area contributed by atoms with Crippen LogP contribution in [0.1, 0.15) is 155 Å². The van der Waals surface area contributed by atoms with Crippen molar-refractivity contribution >= 4 is 19.8 Å². The SMILES string of the molecule is CC/C=C/C=C/C=C/C=C/CCCCCCCC(=O)O[C@H](COC(=O)CCCCCCC/C=C/CCCCCCCC)COP(=O)(O)OCC[N+](C)(C)C. The summed E-state index contributed by atoms with van der Waals surface area (Å²) in [6.45, 7) is 4.22. The van der Waals surface area contributed by atoms with Crippen LogP contribution in [-0.2, 0) is 32.7 Å². The standard InChI is InChI=1S/C44H78NO8P/c1-6-8-10-12-14-16-18-20-22-24-26-28-30-32-34-36-43(46)50-40-42(41-52-54(48,49)51-39-38-45(3,4)5)53-44(47)37-35-33-31-29-27-25-23-21-19-17-15-13-11-9-7-2/h9,11,13,15,17,19-23,42H,6-8,10,12,14,16,18,24-41H2,1-5H3/p+1/b11-9+,15-13+,19-17+,22-20+,23-21+/t42-/m1/s1. The van der Waals surface area contributed by atoms with Crippen LogP contribution >= 0.6 is 7.82 Å². The van der Waals surface area contributed by atoms with Crippen LogP contribution in [-0.4, -0.2) is 74.9 Å². The number of nitrogens with zero attached hydrogens (tertiary/aromatic N) is 1. The number of ether oxygens (including phenoxy) is 2. The average molecular weight is 781 g/mol. The van der Waals surface area contributed by atoms with Gasteiger partial charge in [0.05, 0.1) is 27.7 Å². The second-order valence-electron chi connectivity index (χ2n) is 15.1. The molecule has 0 aromatic rings. The Morgan fingerprint density at radius 2 is 1.07 bits per heavy atom. The largest absolute Gasteiger partial charge is 0.472 e. The molecule has 0 aliphatic carbocycles. The van der Waals surface area contributed by atoms with Crippen molar-refractivity contribution in [1.29, 1.82) is 0 Å². The van der Waals surface area contributed by atoms with E-state index in [2.05, 4.69) is 44.2 Å². The monoisotopic (exact) mass is 781 g/mol. The first-order valence-corrected chi connectivity index (χ1v) is 22.6. The number of carbonyl (C=O) groups excluding carboxylic acids is 2. The van der Waals surface area contributed by atoms with Crippen molar-refractivity contribution in [2.45, 2.75) is 161 Å². The summed E-state index contributed by atoms with van der Waals surface area (Å²) in [6.07, 6.45) is 42.6. The first-order valence-electron chi connectivity index (χ1n) is 21.1. The normalized spacial score (nSPS) is 14.3. The van der Waals surface area contributed by atoms with Gasteiger partial charge >= 0.3 is 19.8 Å². The molecule has 1 N–H and O–H groups in total. The molecule has 10 heteroatoms. The predicted octanol–water partition coefficient (Wildman–Crippen LogP) is 11.7. The first kappa shape index (κ1) is 51.7. The molecular formula is C44H79NO8P+. The Morgan fingerprint density at radius 3 is 1.63 bits per heavy atom. The number of quaternary nitrogens is 1. The van der Waals surface area contributed by atoms with Crippen molar-refractivity contribution in [3.63, 3.8) is 0 Å². The lowest BCUT2D eigenvalue weighted by atomic mass is 10.1. The van der Waals surface area contributed by atoms with E-state index in [1.807, 2.05) is 51.5 Å². The number of phosphoric ester groups is 1. The fourth-order valence-electron chi connectivity index (χ4n) is 5.31. The van der Waals surface area contributed by atoms with Crippen LogP contribution in [0.2, 0.25) is 0 Å². The molecule has 0 aromatic carbocycles. The summed E-state index contributed by atoms with van der Waals surface area (Å²) in [6, 6.07) is 0. The quantitative estimate of drug-likeness (QED) is 0.0166. The van der Waals surface area contributed by atoms with Gasteiger partial charge in [-0.2, -0.15) is 0 Å². The van der Waals surface area contributed by atoms with E-state index in [0.717, 1.165) is 77.0 Å². The molecule has 0 saturated heterocycles. The highest BCUT2D eigenvalue weighted by molar-refractivity contribution is 7.47. The van der Waals surface area contributed by atoms with Crippen molar-refractivity contribution < 1.29 is 42.1 Å². The maximum absolute atomic E-state index is 12.7. The molecule has 0 heterocycles. The molecule has 2 atom stereocenters. The van der Waals surface area contributed by atoms with E-state index >= 15 is 0 Å². The van der Waals surface area contributed by atoms with Crippen molar-refractivity contribution in [1.82, 2.24) is 0 Å². The van der Waals surface area contributed by atoms with E-state index in [-0.39, 0.29) is 32.0 Å². The van der Waals surface area contributed by atoms with Gasteiger partial charge in [0.1, 0.15) is 19.8 Å². The van der Waals surface area contributed by atoms with Crippen molar-refractivity contribution in [3.8, 4) is 0 Å². The molecule has 54 heavy (non-hydrogen) atoms. The molecule has 312 valence electrons. The Bertz CT molecular complexity index is 1110. The molecule has 0 radical (unpaired) electrons. The lowest BCUT2D eigenvalue weighted by Gasteiger charge is -2.24. The minimum absolute atomic E-state index is 0.0226. The summed E-state index contributed by atoms with van der Waals surface area (Å²) in [5.74, 6) is -0.841. The minimum Gasteiger partial charge on any atom is -0.462 e. The summed E-state index contributed by atoms with van der Waals surface area (Å²) in [5, 5.41) is 0. The van der Waals surface area contributed by atoms with Crippen LogP contribution in [0, 0.1) is 0 Å². The Morgan fingerprint density at radius 1 is 0.593 bits per heavy atom. The van der Waals surface area contributed by atoms with Gasteiger partial charge in [-0.15, -0.1) is 0 Å². The van der Waals surface area contributed by atoms with Gasteiger partial charge in [0, 0.05) is 12.8 Å². The third kappa shape index (κ3) is 39.4. The number of rotatable bonds is 37. The van der Waals surface area contributed by atoms with Gasteiger partial charge in [-0.1, -0.05) is 145 Å². The smallest absolute Gasteiger partial charge is 0.462 e. The Hall–Kier alpha value is -2.29. The summed E-state index contributed by atoms with van der Waals surface area (Å²) in [7, 11) is 1.44. The van der Waals surface area contributed by atoms with Crippen LogP contribution in [0.15, 0.2) is 60.8 Å². The fourth-order valence-corrected chi connectivity index (χ4v) is 6.05. The van der Waals surface area contributed by atoms with Crippen LogP contribution in [0.25, 0.3) is 0 Å². The predicted molar refractivity (Wildman–Crippen MR) is 224 cm³/mol. The van der Waals surface area contributed by atoms with Gasteiger partial charge in [0.15, 0.2) is 6.10 Å². The zero-order valence-electron chi connectivity index (χ0n) is 34.9. The first-order chi connectivity index (χ1) is 26.0. The van der Waals surface area contributed by atoms with E-state index in [0.29, 0.717) is 17.4 Å². The van der Waals surface area contributed by atoms with E-state index in [1.165, 1.54) is 44.9 Å². The number of unbranched alkanes of at least 4 members (excludes halogenated alkanes) is 16. The number of carbonyl (C=O) groups is 2. The highest BCUT2D eigenvalue weighted by Gasteiger charge is 2.27. The van der Waals surface area contributed by atoms with E-state index in [1.54, 1.807) is 0 Å². The lowest BCUT2D eigenvalue weighted by Crippen LogP contribution is -2.37. The van der Waals surface area contributed by atoms with Crippen LogP contribution < -0.4 is 0 Å². The summed E-state index contributed by atoms with van der Waals surface area (Å²) in [5.41, 5.74) is 0.